The Labute approximate surface area is 218 Å². The average Bonchev–Trinajstić information content (AvgIpc) is 3.19. The van der Waals surface area contributed by atoms with Crippen LogP contribution < -0.4 is 10.6 Å². The van der Waals surface area contributed by atoms with Crippen molar-refractivity contribution in [2.75, 3.05) is 0 Å². The SMILES string of the molecule is C[C@]12CCC(=O)NC1CC[C@@H]1[C@H]2CC[C@]2(C)C(C(=O)NC(c3ccccc3)(C(F)(F)F)C(F)(F)F)CC[C@@H]12. The Morgan fingerprint density at radius 2 is 1.50 bits per heavy atom. The van der Waals surface area contributed by atoms with Gasteiger partial charge in [-0.05, 0) is 79.1 Å². The minimum absolute atomic E-state index is 0.0373. The average molecular weight is 545 g/mol. The zero-order valence-corrected chi connectivity index (χ0v) is 21.5. The molecule has 0 spiro atoms. The van der Waals surface area contributed by atoms with Crippen LogP contribution >= 0.6 is 0 Å². The van der Waals surface area contributed by atoms with Crippen molar-refractivity contribution in [3.05, 3.63) is 35.9 Å². The number of nitrogens with one attached hydrogen (secondary N) is 2. The number of amides is 2. The van der Waals surface area contributed by atoms with Gasteiger partial charge in [0.05, 0.1) is 0 Å². The summed E-state index contributed by atoms with van der Waals surface area (Å²) in [5.41, 5.74) is -6.32. The molecule has 2 N–H and O–H groups in total. The minimum atomic E-state index is -5.79. The highest BCUT2D eigenvalue weighted by molar-refractivity contribution is 5.81. The summed E-state index contributed by atoms with van der Waals surface area (Å²) in [6, 6.07) is 5.14. The number of hydrogen-bond acceptors (Lipinski definition) is 2. The first-order valence-electron chi connectivity index (χ1n) is 13.5. The Hall–Kier alpha value is -2.26. The van der Waals surface area contributed by atoms with Gasteiger partial charge in [0.2, 0.25) is 11.8 Å². The largest absolute Gasteiger partial charge is 0.424 e. The van der Waals surface area contributed by atoms with Gasteiger partial charge in [0.25, 0.3) is 5.54 Å². The number of hydrogen-bond donors (Lipinski definition) is 2. The van der Waals surface area contributed by atoms with Crippen molar-refractivity contribution in [1.82, 2.24) is 10.6 Å². The molecular weight excluding hydrogens is 510 g/mol. The maximum Gasteiger partial charge on any atom is 0.424 e. The maximum atomic E-state index is 14.3. The zero-order chi connectivity index (χ0) is 27.7. The molecule has 1 aromatic carbocycles. The van der Waals surface area contributed by atoms with Gasteiger partial charge in [0, 0.05) is 18.4 Å². The molecule has 4 nitrogen and oxygen atoms in total. The number of piperidine rings is 1. The van der Waals surface area contributed by atoms with Crippen LogP contribution in [-0.4, -0.2) is 30.2 Å². The number of rotatable bonds is 3. The summed E-state index contributed by atoms with van der Waals surface area (Å²) in [5.74, 6) is -1.51. The van der Waals surface area contributed by atoms with E-state index < -0.39 is 40.7 Å². The fourth-order valence-electron chi connectivity index (χ4n) is 8.79. The van der Waals surface area contributed by atoms with Crippen LogP contribution in [0.25, 0.3) is 0 Å². The number of halogens is 6. The molecule has 0 radical (unpaired) electrons. The molecule has 4 fully saturated rings. The van der Waals surface area contributed by atoms with Crippen molar-refractivity contribution < 1.29 is 35.9 Å². The number of fused-ring (bicyclic) bond motifs is 5. The van der Waals surface area contributed by atoms with Gasteiger partial charge in [0.15, 0.2) is 0 Å². The van der Waals surface area contributed by atoms with E-state index in [1.54, 1.807) is 0 Å². The van der Waals surface area contributed by atoms with Gasteiger partial charge < -0.3 is 10.6 Å². The lowest BCUT2D eigenvalue weighted by Crippen LogP contribution is -2.66. The molecule has 38 heavy (non-hydrogen) atoms. The van der Waals surface area contributed by atoms with E-state index in [4.69, 9.17) is 0 Å². The van der Waals surface area contributed by atoms with Gasteiger partial charge in [-0.3, -0.25) is 9.59 Å². The van der Waals surface area contributed by atoms with Crippen molar-refractivity contribution in [1.29, 1.82) is 0 Å². The Balaban J connectivity index is 1.44. The molecule has 3 saturated carbocycles. The second-order valence-corrected chi connectivity index (χ2v) is 12.4. The molecule has 2 unspecified atom stereocenters. The molecule has 1 aromatic rings. The van der Waals surface area contributed by atoms with Gasteiger partial charge in [-0.25, -0.2) is 0 Å². The molecule has 1 aliphatic heterocycles. The molecule has 4 aliphatic rings. The summed E-state index contributed by atoms with van der Waals surface area (Å²) >= 11 is 0. The van der Waals surface area contributed by atoms with Crippen LogP contribution in [0.1, 0.15) is 70.8 Å². The molecular formula is C28H34F6N2O2. The van der Waals surface area contributed by atoms with Gasteiger partial charge in [-0.1, -0.05) is 44.2 Å². The van der Waals surface area contributed by atoms with E-state index in [0.29, 0.717) is 25.2 Å². The van der Waals surface area contributed by atoms with E-state index >= 15 is 0 Å². The number of carbonyl (C=O) groups is 2. The molecule has 3 aliphatic carbocycles. The molecule has 7 atom stereocenters. The maximum absolute atomic E-state index is 14.3. The van der Waals surface area contributed by atoms with E-state index in [2.05, 4.69) is 12.2 Å². The van der Waals surface area contributed by atoms with Crippen molar-refractivity contribution >= 4 is 11.8 Å². The second-order valence-electron chi connectivity index (χ2n) is 12.4. The van der Waals surface area contributed by atoms with Crippen LogP contribution in [0.3, 0.4) is 0 Å². The highest BCUT2D eigenvalue weighted by Gasteiger charge is 2.73. The summed E-state index contributed by atoms with van der Waals surface area (Å²) in [5, 5.41) is 4.66. The summed E-state index contributed by atoms with van der Waals surface area (Å²) in [7, 11) is 0. The molecule has 5 rings (SSSR count). The first kappa shape index (κ1) is 27.3. The lowest BCUT2D eigenvalue weighted by Gasteiger charge is -2.60. The van der Waals surface area contributed by atoms with Crippen molar-refractivity contribution in [2.24, 2.45) is 34.5 Å². The standard InChI is InChI=1S/C28H34F6N2O2/c1-24-14-12-19-17(8-11-21-25(19,2)15-13-22(37)35-21)18(24)9-10-20(24)23(38)36-26(27(29,30)31,28(32,33)34)16-6-4-3-5-7-16/h3-7,17-21H,8-15H2,1-2H3,(H,35,37)(H,36,38)/t17-,18-,19+,20?,21?,24-,25+/m0/s1. The molecule has 210 valence electrons. The lowest BCUT2D eigenvalue weighted by atomic mass is 9.47. The third kappa shape index (κ3) is 3.86. The van der Waals surface area contributed by atoms with E-state index in [1.165, 1.54) is 11.4 Å². The van der Waals surface area contributed by atoms with Crippen molar-refractivity contribution in [3.8, 4) is 0 Å². The van der Waals surface area contributed by atoms with E-state index in [1.807, 2.05) is 6.92 Å². The van der Waals surface area contributed by atoms with Gasteiger partial charge in [0.1, 0.15) is 0 Å². The summed E-state index contributed by atoms with van der Waals surface area (Å²) in [6.07, 6.45) is -6.57. The van der Waals surface area contributed by atoms with Crippen LogP contribution in [0.15, 0.2) is 30.3 Å². The number of carbonyl (C=O) groups excluding carboxylic acids is 2. The number of benzene rings is 1. The highest BCUT2D eigenvalue weighted by atomic mass is 19.4. The third-order valence-corrected chi connectivity index (χ3v) is 10.8. The molecule has 10 heteroatoms. The zero-order valence-electron chi connectivity index (χ0n) is 21.5. The fourth-order valence-corrected chi connectivity index (χ4v) is 8.79. The smallest absolute Gasteiger partial charge is 0.353 e. The van der Waals surface area contributed by atoms with Gasteiger partial charge in [-0.15, -0.1) is 0 Å². The van der Waals surface area contributed by atoms with Gasteiger partial charge >= 0.3 is 12.4 Å². The Kier molecular flexibility index (Phi) is 6.38. The van der Waals surface area contributed by atoms with E-state index in [-0.39, 0.29) is 35.6 Å². The Morgan fingerprint density at radius 3 is 2.13 bits per heavy atom. The molecule has 1 heterocycles. The van der Waals surface area contributed by atoms with Crippen LogP contribution in [0.4, 0.5) is 26.3 Å². The van der Waals surface area contributed by atoms with E-state index in [9.17, 15) is 35.9 Å². The van der Waals surface area contributed by atoms with E-state index in [0.717, 1.165) is 49.9 Å². The topological polar surface area (TPSA) is 58.2 Å². The van der Waals surface area contributed by atoms with Crippen LogP contribution in [0.5, 0.6) is 0 Å². The Morgan fingerprint density at radius 1 is 0.868 bits per heavy atom. The fraction of sp³-hybridized carbons (Fsp3) is 0.714. The molecule has 1 saturated heterocycles. The number of alkyl halides is 6. The first-order valence-corrected chi connectivity index (χ1v) is 13.5. The summed E-state index contributed by atoms with van der Waals surface area (Å²) in [4.78, 5) is 25.5. The molecule has 0 aromatic heterocycles. The monoisotopic (exact) mass is 544 g/mol. The molecule has 2 amide bonds. The lowest BCUT2D eigenvalue weighted by molar-refractivity contribution is -0.312. The third-order valence-electron chi connectivity index (χ3n) is 10.8. The second kappa shape index (κ2) is 8.88. The van der Waals surface area contributed by atoms with Crippen molar-refractivity contribution in [2.45, 2.75) is 89.1 Å². The minimum Gasteiger partial charge on any atom is -0.353 e. The summed E-state index contributed by atoms with van der Waals surface area (Å²) in [6.45, 7) is 4.09. The summed E-state index contributed by atoms with van der Waals surface area (Å²) < 4.78 is 85.9. The first-order chi connectivity index (χ1) is 17.6. The van der Waals surface area contributed by atoms with Gasteiger partial charge in [-0.2, -0.15) is 26.3 Å². The van der Waals surface area contributed by atoms with Crippen molar-refractivity contribution in [3.63, 3.8) is 0 Å². The Bertz CT molecular complexity index is 1080. The quantitative estimate of drug-likeness (QED) is 0.442. The highest BCUT2D eigenvalue weighted by Crippen LogP contribution is 2.66. The van der Waals surface area contributed by atoms with Crippen LogP contribution in [-0.2, 0) is 15.1 Å². The molecule has 0 bridgehead atoms. The predicted octanol–water partition coefficient (Wildman–Crippen LogP) is 6.26. The van der Waals surface area contributed by atoms with Crippen LogP contribution in [0.2, 0.25) is 0 Å². The van der Waals surface area contributed by atoms with Crippen LogP contribution in [0, 0.1) is 34.5 Å². The normalized spacial score (nSPS) is 37.5. The predicted molar refractivity (Wildman–Crippen MR) is 127 cm³/mol.